The zero-order valence-corrected chi connectivity index (χ0v) is 11.1. The zero-order chi connectivity index (χ0) is 13.1. The van der Waals surface area contributed by atoms with Crippen LogP contribution in [0.4, 0.5) is 0 Å². The van der Waals surface area contributed by atoms with E-state index in [1.165, 1.54) is 10.2 Å². The number of nitrogens with zero attached hydrogens (tertiary/aromatic N) is 2. The van der Waals surface area contributed by atoms with Gasteiger partial charge in [-0.2, -0.15) is 5.10 Å². The Balaban J connectivity index is 2.41. The predicted octanol–water partition coefficient (Wildman–Crippen LogP) is 3.14. The third-order valence-electron chi connectivity index (χ3n) is 3.15. The summed E-state index contributed by atoms with van der Waals surface area (Å²) in [4.78, 5) is 12.3. The van der Waals surface area contributed by atoms with Crippen molar-refractivity contribution < 1.29 is 4.79 Å². The van der Waals surface area contributed by atoms with Crippen LogP contribution in [0.3, 0.4) is 0 Å². The number of carbonyl (C=O) groups is 1. The van der Waals surface area contributed by atoms with Gasteiger partial charge in [-0.25, -0.2) is 4.68 Å². The highest BCUT2D eigenvalue weighted by molar-refractivity contribution is 5.95. The van der Waals surface area contributed by atoms with Crippen LogP contribution >= 0.6 is 0 Å². The molecule has 0 radical (unpaired) electrons. The van der Waals surface area contributed by atoms with Crippen molar-refractivity contribution in [3.05, 3.63) is 52.8 Å². The molecule has 0 aliphatic rings. The van der Waals surface area contributed by atoms with Gasteiger partial charge in [0, 0.05) is 11.3 Å². The van der Waals surface area contributed by atoms with Crippen molar-refractivity contribution in [3.8, 4) is 0 Å². The van der Waals surface area contributed by atoms with E-state index in [0.29, 0.717) is 5.56 Å². The number of aryl methyl sites for hydroxylation is 1. The normalized spacial score (nSPS) is 10.6. The minimum absolute atomic E-state index is 0.0569. The number of benzene rings is 1. The topological polar surface area (TPSA) is 34.9 Å². The Morgan fingerprint density at radius 1 is 1.22 bits per heavy atom. The molecule has 1 heterocycles. The fraction of sp³-hybridized carbons (Fsp3) is 0.333. The first kappa shape index (κ1) is 12.6. The van der Waals surface area contributed by atoms with Crippen molar-refractivity contribution in [1.82, 2.24) is 9.78 Å². The van der Waals surface area contributed by atoms with Crippen molar-refractivity contribution >= 4 is 5.91 Å². The highest BCUT2D eigenvalue weighted by Crippen LogP contribution is 2.16. The largest absolute Gasteiger partial charge is 0.278 e. The molecule has 3 heteroatoms. The quantitative estimate of drug-likeness (QED) is 0.828. The van der Waals surface area contributed by atoms with Gasteiger partial charge in [-0.1, -0.05) is 31.5 Å². The molecule has 1 aromatic heterocycles. The highest BCUT2D eigenvalue weighted by Gasteiger charge is 2.16. The van der Waals surface area contributed by atoms with Crippen LogP contribution in [0.2, 0.25) is 0 Å². The Kier molecular flexibility index (Phi) is 3.60. The van der Waals surface area contributed by atoms with Gasteiger partial charge in [0.15, 0.2) is 0 Å². The molecule has 0 bridgehead atoms. The minimum Gasteiger partial charge on any atom is -0.267 e. The average molecular weight is 242 g/mol. The van der Waals surface area contributed by atoms with Gasteiger partial charge in [0.25, 0.3) is 5.91 Å². The number of aromatic nitrogens is 2. The second-order valence-corrected chi connectivity index (χ2v) is 4.48. The molecule has 2 rings (SSSR count). The molecule has 0 atom stereocenters. The highest BCUT2D eigenvalue weighted by atomic mass is 16.2. The van der Waals surface area contributed by atoms with Crippen LogP contribution in [-0.4, -0.2) is 15.7 Å². The molecule has 3 nitrogen and oxygen atoms in total. The Labute approximate surface area is 107 Å². The van der Waals surface area contributed by atoms with Crippen LogP contribution in [0.1, 0.15) is 40.7 Å². The summed E-state index contributed by atoms with van der Waals surface area (Å²) in [5.74, 6) is -0.0569. The molecule has 0 saturated carbocycles. The number of hydrogen-bond acceptors (Lipinski definition) is 2. The van der Waals surface area contributed by atoms with E-state index >= 15 is 0 Å². The molecule has 0 aliphatic carbocycles. The van der Waals surface area contributed by atoms with Crippen molar-refractivity contribution in [3.63, 3.8) is 0 Å². The van der Waals surface area contributed by atoms with Gasteiger partial charge in [-0.15, -0.1) is 0 Å². The second kappa shape index (κ2) is 5.17. The summed E-state index contributed by atoms with van der Waals surface area (Å²) in [5.41, 5.74) is 3.79. The third kappa shape index (κ3) is 2.21. The van der Waals surface area contributed by atoms with Crippen LogP contribution in [0.15, 0.2) is 30.3 Å². The molecule has 0 N–H and O–H groups in total. The fourth-order valence-corrected chi connectivity index (χ4v) is 2.19. The Bertz CT molecular complexity index is 555. The number of rotatable bonds is 3. The van der Waals surface area contributed by atoms with Gasteiger partial charge in [-0.05, 0) is 38.0 Å². The third-order valence-corrected chi connectivity index (χ3v) is 3.15. The van der Waals surface area contributed by atoms with E-state index in [4.69, 9.17) is 0 Å². The molecule has 94 valence electrons. The molecule has 0 saturated heterocycles. The van der Waals surface area contributed by atoms with Crippen LogP contribution in [-0.2, 0) is 6.42 Å². The van der Waals surface area contributed by atoms with E-state index in [1.54, 1.807) is 0 Å². The van der Waals surface area contributed by atoms with Gasteiger partial charge >= 0.3 is 0 Å². The van der Waals surface area contributed by atoms with E-state index in [9.17, 15) is 4.79 Å². The molecule has 2 aromatic rings. The van der Waals surface area contributed by atoms with E-state index in [-0.39, 0.29) is 5.91 Å². The molecule has 0 unspecified atom stereocenters. The summed E-state index contributed by atoms with van der Waals surface area (Å²) in [5, 5.41) is 4.37. The molecule has 18 heavy (non-hydrogen) atoms. The van der Waals surface area contributed by atoms with Crippen LogP contribution in [0.5, 0.6) is 0 Å². The molecule has 1 aromatic carbocycles. The first-order chi connectivity index (χ1) is 8.65. The first-order valence-corrected chi connectivity index (χ1v) is 6.30. The standard InChI is InChI=1S/C15H18N2O/c1-4-8-14-11(2)16-17(12(14)3)15(18)13-9-6-5-7-10-13/h5-7,9-10H,4,8H2,1-3H3. The van der Waals surface area contributed by atoms with Gasteiger partial charge in [0.05, 0.1) is 5.69 Å². The lowest BCUT2D eigenvalue weighted by atomic mass is 10.1. The fourth-order valence-electron chi connectivity index (χ4n) is 2.19. The van der Waals surface area contributed by atoms with E-state index in [2.05, 4.69) is 12.0 Å². The maximum atomic E-state index is 12.3. The maximum absolute atomic E-state index is 12.3. The molecule has 0 aliphatic heterocycles. The summed E-state index contributed by atoms with van der Waals surface area (Å²) in [6, 6.07) is 9.27. The van der Waals surface area contributed by atoms with Crippen molar-refractivity contribution in [2.75, 3.05) is 0 Å². The lowest BCUT2D eigenvalue weighted by Gasteiger charge is -2.03. The Hall–Kier alpha value is -1.90. The number of carbonyl (C=O) groups excluding carboxylic acids is 1. The zero-order valence-electron chi connectivity index (χ0n) is 11.1. The van der Waals surface area contributed by atoms with Crippen molar-refractivity contribution in [2.45, 2.75) is 33.6 Å². The first-order valence-electron chi connectivity index (χ1n) is 6.30. The van der Waals surface area contributed by atoms with Gasteiger partial charge in [0.2, 0.25) is 0 Å². The van der Waals surface area contributed by atoms with Crippen LogP contribution in [0.25, 0.3) is 0 Å². The molecule has 0 fully saturated rings. The molecule has 0 spiro atoms. The van der Waals surface area contributed by atoms with Crippen LogP contribution in [0, 0.1) is 13.8 Å². The average Bonchev–Trinajstić information content (AvgIpc) is 2.67. The smallest absolute Gasteiger partial charge is 0.267 e. The SMILES string of the molecule is CCCc1c(C)nn(C(=O)c2ccccc2)c1C. The van der Waals surface area contributed by atoms with Crippen molar-refractivity contribution in [2.24, 2.45) is 0 Å². The van der Waals surface area contributed by atoms with Gasteiger partial charge in [0.1, 0.15) is 0 Å². The monoisotopic (exact) mass is 242 g/mol. The summed E-state index contributed by atoms with van der Waals surface area (Å²) in [6.45, 7) is 6.06. The maximum Gasteiger partial charge on any atom is 0.278 e. The lowest BCUT2D eigenvalue weighted by Crippen LogP contribution is -2.15. The minimum atomic E-state index is -0.0569. The molecule has 0 amide bonds. The molecular weight excluding hydrogens is 224 g/mol. The summed E-state index contributed by atoms with van der Waals surface area (Å²) in [7, 11) is 0. The van der Waals surface area contributed by atoms with E-state index in [0.717, 1.165) is 24.2 Å². The Morgan fingerprint density at radius 3 is 2.50 bits per heavy atom. The van der Waals surface area contributed by atoms with E-state index in [1.807, 2.05) is 44.2 Å². The van der Waals surface area contributed by atoms with Gasteiger partial charge in [-0.3, -0.25) is 4.79 Å². The van der Waals surface area contributed by atoms with E-state index < -0.39 is 0 Å². The summed E-state index contributed by atoms with van der Waals surface area (Å²) in [6.07, 6.45) is 2.03. The summed E-state index contributed by atoms with van der Waals surface area (Å²) < 4.78 is 1.52. The number of hydrogen-bond donors (Lipinski definition) is 0. The van der Waals surface area contributed by atoms with Gasteiger partial charge < -0.3 is 0 Å². The van der Waals surface area contributed by atoms with Crippen LogP contribution < -0.4 is 0 Å². The Morgan fingerprint density at radius 2 is 1.89 bits per heavy atom. The molecular formula is C15H18N2O. The predicted molar refractivity (Wildman–Crippen MR) is 71.9 cm³/mol. The second-order valence-electron chi connectivity index (χ2n) is 4.48. The summed E-state index contributed by atoms with van der Waals surface area (Å²) >= 11 is 0. The lowest BCUT2D eigenvalue weighted by molar-refractivity contribution is 0.0942. The van der Waals surface area contributed by atoms with Crippen molar-refractivity contribution in [1.29, 1.82) is 0 Å².